The Kier molecular flexibility index (Phi) is 13.4. The normalized spacial score (nSPS) is 14.9. The van der Waals surface area contributed by atoms with Gasteiger partial charge in [-0.15, -0.1) is 9.35 Å². The van der Waals surface area contributed by atoms with E-state index in [1.165, 1.54) is 44.9 Å². The molecule has 0 aromatic rings. The van der Waals surface area contributed by atoms with Gasteiger partial charge in [-0.1, -0.05) is 64.7 Å². The monoisotopic (exact) mass is 378 g/mol. The van der Waals surface area contributed by atoms with E-state index in [0.717, 1.165) is 12.8 Å². The zero-order valence-electron chi connectivity index (χ0n) is 13.1. The van der Waals surface area contributed by atoms with Crippen molar-refractivity contribution in [2.24, 2.45) is 0 Å². The topological polar surface area (TPSA) is 105 Å². The fourth-order valence-electron chi connectivity index (χ4n) is 1.88. The van der Waals surface area contributed by atoms with Crippen LogP contribution in [0.25, 0.3) is 0 Å². The molecule has 10 heteroatoms. The minimum absolute atomic E-state index is 0.175. The first-order valence-electron chi connectivity index (χ1n) is 7.68. The highest BCUT2D eigenvalue weighted by Crippen LogP contribution is 2.50. The number of unbranched alkanes of at least 4 members (excludes halogenated alkanes) is 9. The van der Waals surface area contributed by atoms with E-state index in [9.17, 15) is 9.46 Å². The summed E-state index contributed by atoms with van der Waals surface area (Å²) in [6.45, 7) is -1.37. The fraction of sp³-hybridized carbons (Fsp3) is 1.00. The highest BCUT2D eigenvalue weighted by Gasteiger charge is 2.24. The maximum atomic E-state index is 10.4. The van der Waals surface area contributed by atoms with Gasteiger partial charge in [-0.25, -0.2) is 4.57 Å². The SMILES string of the molecule is CCCCCCCCCCCCOP(O)(=S)OOP(=O)(O)O. The lowest BCUT2D eigenvalue weighted by Gasteiger charge is -2.14. The summed E-state index contributed by atoms with van der Waals surface area (Å²) in [6.07, 6.45) is 11.6. The van der Waals surface area contributed by atoms with Gasteiger partial charge in [0.25, 0.3) is 0 Å². The Balaban J connectivity index is 3.41. The molecule has 0 saturated heterocycles. The van der Waals surface area contributed by atoms with Gasteiger partial charge >= 0.3 is 14.5 Å². The van der Waals surface area contributed by atoms with Crippen molar-refractivity contribution in [1.82, 2.24) is 0 Å². The third-order valence-corrected chi connectivity index (χ3v) is 4.63. The second-order valence-corrected chi connectivity index (χ2v) is 8.98. The predicted octanol–water partition coefficient (Wildman–Crippen LogP) is 4.18. The molecule has 0 aromatic heterocycles. The maximum absolute atomic E-state index is 10.4. The molecule has 0 radical (unpaired) electrons. The first-order chi connectivity index (χ1) is 10.3. The summed E-state index contributed by atoms with van der Waals surface area (Å²) in [5.41, 5.74) is 0. The van der Waals surface area contributed by atoms with Crippen molar-refractivity contribution < 1.29 is 33.1 Å². The highest BCUT2D eigenvalue weighted by atomic mass is 32.5. The number of rotatable bonds is 15. The molecule has 0 aliphatic heterocycles. The third-order valence-electron chi connectivity index (χ3n) is 2.98. The molecule has 134 valence electrons. The second kappa shape index (κ2) is 13.0. The number of phosphoric acid groups is 1. The van der Waals surface area contributed by atoms with Crippen LogP contribution in [0.4, 0.5) is 0 Å². The predicted molar refractivity (Wildman–Crippen MR) is 88.5 cm³/mol. The molecular weight excluding hydrogens is 350 g/mol. The molecule has 0 fully saturated rings. The van der Waals surface area contributed by atoms with E-state index in [4.69, 9.17) is 14.3 Å². The summed E-state index contributed by atoms with van der Waals surface area (Å²) in [4.78, 5) is 26.3. The van der Waals surface area contributed by atoms with Gasteiger partial charge in [-0.3, -0.25) is 0 Å². The van der Waals surface area contributed by atoms with E-state index in [1.54, 1.807) is 0 Å². The molecule has 0 aliphatic rings. The highest BCUT2D eigenvalue weighted by molar-refractivity contribution is 8.07. The van der Waals surface area contributed by atoms with Gasteiger partial charge in [-0.2, -0.15) is 0 Å². The van der Waals surface area contributed by atoms with Crippen molar-refractivity contribution in [3.63, 3.8) is 0 Å². The summed E-state index contributed by atoms with van der Waals surface area (Å²) in [5, 5.41) is 0. The first-order valence-corrected chi connectivity index (χ1v) is 11.8. The van der Waals surface area contributed by atoms with Crippen LogP contribution in [-0.2, 0) is 30.2 Å². The standard InChI is InChI=1S/C12H28O7P2S/c1-2-3-4-5-6-7-8-9-10-11-12-17-21(16,22)19-18-20(13,14)15/h2-12H2,1H3,(H,16,22)(H2,13,14,15). The molecule has 0 saturated carbocycles. The third kappa shape index (κ3) is 17.0. The van der Waals surface area contributed by atoms with E-state index < -0.39 is 14.5 Å². The van der Waals surface area contributed by atoms with Crippen LogP contribution in [0.3, 0.4) is 0 Å². The van der Waals surface area contributed by atoms with Gasteiger partial charge in [-0.05, 0) is 18.2 Å². The molecule has 0 rings (SSSR count). The lowest BCUT2D eigenvalue weighted by atomic mass is 10.1. The van der Waals surface area contributed by atoms with E-state index in [-0.39, 0.29) is 6.61 Å². The van der Waals surface area contributed by atoms with Crippen LogP contribution in [0.15, 0.2) is 0 Å². The summed E-state index contributed by atoms with van der Waals surface area (Å²) in [5.74, 6) is 0. The Hall–Kier alpha value is 0.640. The van der Waals surface area contributed by atoms with E-state index in [1.807, 2.05) is 0 Å². The van der Waals surface area contributed by atoms with Gasteiger partial charge in [0.05, 0.1) is 6.61 Å². The average molecular weight is 378 g/mol. The van der Waals surface area contributed by atoms with Crippen molar-refractivity contribution in [3.8, 4) is 0 Å². The minimum atomic E-state index is -4.83. The molecule has 1 unspecified atom stereocenters. The molecule has 1 atom stereocenters. The lowest BCUT2D eigenvalue weighted by Crippen LogP contribution is -1.97. The largest absolute Gasteiger partial charge is 0.497 e. The molecule has 0 aromatic carbocycles. The fourth-order valence-corrected chi connectivity index (χ4v) is 3.43. The molecule has 7 nitrogen and oxygen atoms in total. The summed E-state index contributed by atoms with van der Waals surface area (Å²) >= 11 is 4.54. The molecule has 22 heavy (non-hydrogen) atoms. The van der Waals surface area contributed by atoms with Crippen molar-refractivity contribution in [2.75, 3.05) is 6.61 Å². The van der Waals surface area contributed by atoms with Gasteiger partial charge < -0.3 is 19.2 Å². The van der Waals surface area contributed by atoms with Crippen LogP contribution in [0.1, 0.15) is 71.1 Å². The summed E-state index contributed by atoms with van der Waals surface area (Å²) in [6, 6.07) is 0. The smallest absolute Gasteiger partial charge is 0.323 e. The molecule has 3 N–H and O–H groups in total. The van der Waals surface area contributed by atoms with Gasteiger partial charge in [0.2, 0.25) is 0 Å². The van der Waals surface area contributed by atoms with E-state index >= 15 is 0 Å². The molecule has 0 bridgehead atoms. The van der Waals surface area contributed by atoms with Crippen molar-refractivity contribution in [3.05, 3.63) is 0 Å². The first kappa shape index (κ1) is 22.6. The molecule has 0 amide bonds. The summed E-state index contributed by atoms with van der Waals surface area (Å²) < 4.78 is 23.0. The Bertz CT molecular complexity index is 361. The number of hydrogen-bond donors (Lipinski definition) is 3. The maximum Gasteiger partial charge on any atom is 0.497 e. The average Bonchev–Trinajstić information content (AvgIpc) is 2.42. The Morgan fingerprint density at radius 2 is 1.27 bits per heavy atom. The van der Waals surface area contributed by atoms with Gasteiger partial charge in [0.15, 0.2) is 0 Å². The van der Waals surface area contributed by atoms with Crippen LogP contribution in [0, 0.1) is 0 Å². The number of hydrogen-bond acceptors (Lipinski definition) is 5. The molecule has 0 heterocycles. The van der Waals surface area contributed by atoms with Crippen LogP contribution < -0.4 is 0 Å². The van der Waals surface area contributed by atoms with E-state index in [0.29, 0.717) is 6.42 Å². The van der Waals surface area contributed by atoms with Crippen LogP contribution in [0.2, 0.25) is 0 Å². The summed E-state index contributed by atoms with van der Waals surface area (Å²) in [7, 11) is -4.83. The Labute approximate surface area is 137 Å². The molecular formula is C12H28O7P2S. The molecule has 0 spiro atoms. The van der Waals surface area contributed by atoms with Gasteiger partial charge in [0, 0.05) is 0 Å². The zero-order chi connectivity index (χ0) is 16.9. The van der Waals surface area contributed by atoms with Crippen molar-refractivity contribution >= 4 is 26.3 Å². The quantitative estimate of drug-likeness (QED) is 0.169. The van der Waals surface area contributed by atoms with Crippen molar-refractivity contribution in [2.45, 2.75) is 71.1 Å². The zero-order valence-corrected chi connectivity index (χ0v) is 15.7. The minimum Gasteiger partial charge on any atom is -0.323 e. The van der Waals surface area contributed by atoms with Crippen LogP contribution in [-0.4, -0.2) is 21.3 Å². The second-order valence-electron chi connectivity index (χ2n) is 5.12. The van der Waals surface area contributed by atoms with Crippen LogP contribution >= 0.6 is 14.5 Å². The van der Waals surface area contributed by atoms with Gasteiger partial charge in [0.1, 0.15) is 0 Å². The van der Waals surface area contributed by atoms with Crippen LogP contribution in [0.5, 0.6) is 0 Å². The molecule has 0 aliphatic carbocycles. The van der Waals surface area contributed by atoms with Crippen molar-refractivity contribution in [1.29, 1.82) is 0 Å². The Morgan fingerprint density at radius 1 is 0.818 bits per heavy atom. The Morgan fingerprint density at radius 3 is 1.73 bits per heavy atom. The van der Waals surface area contributed by atoms with E-state index in [2.05, 4.69) is 28.1 Å². The lowest BCUT2D eigenvalue weighted by molar-refractivity contribution is -0.135.